The zero-order valence-corrected chi connectivity index (χ0v) is 10.6. The van der Waals surface area contributed by atoms with Crippen molar-refractivity contribution in [3.8, 4) is 5.75 Å². The molecule has 88 valence electrons. The van der Waals surface area contributed by atoms with Crippen molar-refractivity contribution >= 4 is 21.9 Å². The molecule has 0 aliphatic carbocycles. The number of carbonyl (C=O) groups excluding carboxylic acids is 1. The highest BCUT2D eigenvalue weighted by Crippen LogP contribution is 2.27. The predicted molar refractivity (Wildman–Crippen MR) is 61.2 cm³/mol. The van der Waals surface area contributed by atoms with Gasteiger partial charge in [-0.05, 0) is 18.6 Å². The summed E-state index contributed by atoms with van der Waals surface area (Å²) in [7, 11) is 1.20. The van der Waals surface area contributed by atoms with Crippen molar-refractivity contribution in [2.24, 2.45) is 0 Å². The van der Waals surface area contributed by atoms with Gasteiger partial charge in [-0.2, -0.15) is 0 Å². The summed E-state index contributed by atoms with van der Waals surface area (Å²) in [4.78, 5) is 11.4. The summed E-state index contributed by atoms with van der Waals surface area (Å²) in [6.07, 6.45) is 0.773. The molecule has 0 aliphatic heterocycles. The van der Waals surface area contributed by atoms with Gasteiger partial charge in [-0.3, -0.25) is 0 Å². The molecule has 0 atom stereocenters. The number of ether oxygens (including phenoxy) is 2. The van der Waals surface area contributed by atoms with Crippen LogP contribution in [-0.4, -0.2) is 19.7 Å². The van der Waals surface area contributed by atoms with Crippen molar-refractivity contribution in [1.82, 2.24) is 0 Å². The minimum atomic E-state index is -0.740. The highest BCUT2D eigenvalue weighted by Gasteiger charge is 2.19. The Morgan fingerprint density at radius 3 is 2.75 bits per heavy atom. The summed E-state index contributed by atoms with van der Waals surface area (Å²) in [6.45, 7) is 2.34. The van der Waals surface area contributed by atoms with Crippen molar-refractivity contribution in [3.05, 3.63) is 28.0 Å². The smallest absolute Gasteiger partial charge is 0.344 e. The second kappa shape index (κ2) is 5.84. The van der Waals surface area contributed by atoms with Gasteiger partial charge in [0.2, 0.25) is 0 Å². The predicted octanol–water partition coefficient (Wildman–Crippen LogP) is 3.16. The van der Waals surface area contributed by atoms with Crippen LogP contribution in [0.4, 0.5) is 4.39 Å². The average molecular weight is 291 g/mol. The lowest BCUT2D eigenvalue weighted by Gasteiger charge is -2.10. The van der Waals surface area contributed by atoms with E-state index in [1.165, 1.54) is 13.2 Å². The van der Waals surface area contributed by atoms with E-state index in [9.17, 15) is 9.18 Å². The van der Waals surface area contributed by atoms with Crippen LogP contribution in [0.1, 0.15) is 23.7 Å². The normalized spacial score (nSPS) is 10.0. The van der Waals surface area contributed by atoms with E-state index in [-0.39, 0.29) is 11.3 Å². The third kappa shape index (κ3) is 2.95. The van der Waals surface area contributed by atoms with Gasteiger partial charge in [-0.1, -0.05) is 22.9 Å². The van der Waals surface area contributed by atoms with Crippen LogP contribution in [0.25, 0.3) is 0 Å². The molecule has 0 spiro atoms. The molecule has 16 heavy (non-hydrogen) atoms. The highest BCUT2D eigenvalue weighted by atomic mass is 79.9. The van der Waals surface area contributed by atoms with E-state index in [2.05, 4.69) is 20.7 Å². The van der Waals surface area contributed by atoms with Gasteiger partial charge in [0.15, 0.2) is 0 Å². The number of hydrogen-bond donors (Lipinski definition) is 0. The lowest BCUT2D eigenvalue weighted by Crippen LogP contribution is -2.09. The molecule has 0 fully saturated rings. The monoisotopic (exact) mass is 290 g/mol. The van der Waals surface area contributed by atoms with Crippen molar-refractivity contribution in [2.45, 2.75) is 13.3 Å². The standard InChI is InChI=1S/C11H12BrFO3/c1-3-4-16-9-6-7(12)5-8(13)10(9)11(14)15-2/h5-6H,3-4H2,1-2H3. The first-order valence-corrected chi connectivity index (χ1v) is 5.59. The minimum Gasteiger partial charge on any atom is -0.493 e. The van der Waals surface area contributed by atoms with Crippen LogP contribution in [0.5, 0.6) is 5.75 Å². The van der Waals surface area contributed by atoms with Gasteiger partial charge in [-0.25, -0.2) is 9.18 Å². The molecule has 0 aliphatic rings. The number of carbonyl (C=O) groups is 1. The van der Waals surface area contributed by atoms with E-state index in [1.807, 2.05) is 6.92 Å². The lowest BCUT2D eigenvalue weighted by molar-refractivity contribution is 0.0590. The van der Waals surface area contributed by atoms with Crippen molar-refractivity contribution in [3.63, 3.8) is 0 Å². The van der Waals surface area contributed by atoms with E-state index in [1.54, 1.807) is 6.07 Å². The van der Waals surface area contributed by atoms with Gasteiger partial charge in [0, 0.05) is 4.47 Å². The molecule has 1 aromatic carbocycles. The molecule has 0 N–H and O–H groups in total. The second-order valence-electron chi connectivity index (χ2n) is 3.10. The van der Waals surface area contributed by atoms with Crippen molar-refractivity contribution in [1.29, 1.82) is 0 Å². The molecule has 1 aromatic rings. The fourth-order valence-corrected chi connectivity index (χ4v) is 1.58. The zero-order chi connectivity index (χ0) is 12.1. The van der Waals surface area contributed by atoms with E-state index >= 15 is 0 Å². The molecule has 0 amide bonds. The zero-order valence-electron chi connectivity index (χ0n) is 9.05. The van der Waals surface area contributed by atoms with E-state index < -0.39 is 11.8 Å². The first-order valence-electron chi connectivity index (χ1n) is 4.80. The Hall–Kier alpha value is -1.10. The number of esters is 1. The van der Waals surface area contributed by atoms with Crippen molar-refractivity contribution in [2.75, 3.05) is 13.7 Å². The fraction of sp³-hybridized carbons (Fsp3) is 0.364. The summed E-state index contributed by atoms with van der Waals surface area (Å²) < 4.78 is 23.9. The van der Waals surface area contributed by atoms with Gasteiger partial charge in [-0.15, -0.1) is 0 Å². The summed E-state index contributed by atoms with van der Waals surface area (Å²) in [5, 5.41) is 0. The molecular formula is C11H12BrFO3. The Morgan fingerprint density at radius 1 is 1.50 bits per heavy atom. The SMILES string of the molecule is CCCOc1cc(Br)cc(F)c1C(=O)OC. The maximum Gasteiger partial charge on any atom is 0.344 e. The molecule has 0 aromatic heterocycles. The van der Waals surface area contributed by atoms with E-state index in [0.29, 0.717) is 11.1 Å². The quantitative estimate of drug-likeness (QED) is 0.799. The maximum atomic E-state index is 13.6. The van der Waals surface area contributed by atoms with Crippen LogP contribution in [0, 0.1) is 5.82 Å². The van der Waals surface area contributed by atoms with Gasteiger partial charge in [0.05, 0.1) is 13.7 Å². The van der Waals surface area contributed by atoms with Crippen LogP contribution in [-0.2, 0) is 4.74 Å². The molecule has 0 heterocycles. The molecule has 1 rings (SSSR count). The van der Waals surface area contributed by atoms with Crippen molar-refractivity contribution < 1.29 is 18.7 Å². The largest absolute Gasteiger partial charge is 0.493 e. The van der Waals surface area contributed by atoms with Gasteiger partial charge in [0.1, 0.15) is 17.1 Å². The molecule has 0 radical (unpaired) electrons. The molecule has 5 heteroatoms. The lowest BCUT2D eigenvalue weighted by atomic mass is 10.2. The molecular weight excluding hydrogens is 279 g/mol. The number of rotatable bonds is 4. The first kappa shape index (κ1) is 13.0. The molecule has 0 unspecified atom stereocenters. The molecule has 0 saturated heterocycles. The average Bonchev–Trinajstić information content (AvgIpc) is 2.24. The molecule has 3 nitrogen and oxygen atoms in total. The number of hydrogen-bond acceptors (Lipinski definition) is 3. The summed E-state index contributed by atoms with van der Waals surface area (Å²) in [5.74, 6) is -1.20. The maximum absolute atomic E-state index is 13.6. The van der Waals surface area contributed by atoms with Crippen LogP contribution >= 0.6 is 15.9 Å². The Labute approximate surface area is 102 Å². The second-order valence-corrected chi connectivity index (χ2v) is 4.02. The minimum absolute atomic E-state index is 0.167. The third-order valence-electron chi connectivity index (χ3n) is 1.87. The fourth-order valence-electron chi connectivity index (χ4n) is 1.18. The van der Waals surface area contributed by atoms with Gasteiger partial charge in [0.25, 0.3) is 0 Å². The summed E-state index contributed by atoms with van der Waals surface area (Å²) >= 11 is 3.14. The first-order chi connectivity index (χ1) is 7.60. The Bertz CT molecular complexity index is 393. The Kier molecular flexibility index (Phi) is 4.73. The topological polar surface area (TPSA) is 35.5 Å². The van der Waals surface area contributed by atoms with Gasteiger partial charge >= 0.3 is 5.97 Å². The van der Waals surface area contributed by atoms with Crippen LogP contribution in [0.15, 0.2) is 16.6 Å². The molecule has 0 saturated carbocycles. The Balaban J connectivity index is 3.15. The van der Waals surface area contributed by atoms with Gasteiger partial charge < -0.3 is 9.47 Å². The summed E-state index contributed by atoms with van der Waals surface area (Å²) in [6, 6.07) is 2.75. The number of benzene rings is 1. The van der Waals surface area contributed by atoms with E-state index in [4.69, 9.17) is 4.74 Å². The van der Waals surface area contributed by atoms with Crippen LogP contribution in [0.3, 0.4) is 0 Å². The Morgan fingerprint density at radius 2 is 2.19 bits per heavy atom. The number of halogens is 2. The van der Waals surface area contributed by atoms with Crippen LogP contribution < -0.4 is 4.74 Å². The van der Waals surface area contributed by atoms with E-state index in [0.717, 1.165) is 6.42 Å². The molecule has 0 bridgehead atoms. The summed E-state index contributed by atoms with van der Waals surface area (Å²) in [5.41, 5.74) is -0.167. The third-order valence-corrected chi connectivity index (χ3v) is 2.33. The van der Waals surface area contributed by atoms with Crippen LogP contribution in [0.2, 0.25) is 0 Å². The highest BCUT2D eigenvalue weighted by molar-refractivity contribution is 9.10. The number of methoxy groups -OCH3 is 1.